The molecular formula is C12H15F2N. The van der Waals surface area contributed by atoms with E-state index in [1.807, 2.05) is 0 Å². The smallest absolute Gasteiger partial charge is 0.159 e. The molecule has 1 fully saturated rings. The van der Waals surface area contributed by atoms with Gasteiger partial charge in [-0.2, -0.15) is 0 Å². The van der Waals surface area contributed by atoms with Gasteiger partial charge < -0.3 is 5.73 Å². The van der Waals surface area contributed by atoms with Crippen molar-refractivity contribution in [3.8, 4) is 0 Å². The molecule has 2 unspecified atom stereocenters. The molecule has 1 nitrogen and oxygen atoms in total. The van der Waals surface area contributed by atoms with Gasteiger partial charge in [0.25, 0.3) is 0 Å². The molecule has 0 amide bonds. The first-order chi connectivity index (χ1) is 6.92. The molecule has 2 rings (SSSR count). The Kier molecular flexibility index (Phi) is 2.30. The average molecular weight is 211 g/mol. The first kappa shape index (κ1) is 10.6. The lowest BCUT2D eigenvalue weighted by atomic mass is 9.98. The lowest BCUT2D eigenvalue weighted by Gasteiger charge is -2.14. The second-order valence-electron chi connectivity index (χ2n) is 5.00. The minimum atomic E-state index is -0.819. The minimum Gasteiger partial charge on any atom is -0.324 e. The van der Waals surface area contributed by atoms with Crippen LogP contribution in [0.2, 0.25) is 0 Å². The van der Waals surface area contributed by atoms with Crippen molar-refractivity contribution < 1.29 is 8.78 Å². The summed E-state index contributed by atoms with van der Waals surface area (Å²) in [4.78, 5) is 0. The van der Waals surface area contributed by atoms with Crippen molar-refractivity contribution in [3.05, 3.63) is 35.4 Å². The molecule has 0 bridgehead atoms. The average Bonchev–Trinajstić information content (AvgIpc) is 2.79. The summed E-state index contributed by atoms with van der Waals surface area (Å²) in [7, 11) is 0. The van der Waals surface area contributed by atoms with E-state index in [0.29, 0.717) is 11.5 Å². The van der Waals surface area contributed by atoms with Gasteiger partial charge in [-0.1, -0.05) is 19.9 Å². The van der Waals surface area contributed by atoms with Gasteiger partial charge in [-0.05, 0) is 35.4 Å². The fourth-order valence-electron chi connectivity index (χ4n) is 2.07. The fourth-order valence-corrected chi connectivity index (χ4v) is 2.07. The summed E-state index contributed by atoms with van der Waals surface area (Å²) >= 11 is 0. The van der Waals surface area contributed by atoms with Crippen LogP contribution < -0.4 is 5.73 Å². The van der Waals surface area contributed by atoms with Crippen LogP contribution in [0.15, 0.2) is 18.2 Å². The standard InChI is InChI=1S/C12H15F2N/c1-12(2)6-8(12)11(15)7-3-4-9(13)10(14)5-7/h3-5,8,11H,6,15H2,1-2H3. The van der Waals surface area contributed by atoms with E-state index in [1.165, 1.54) is 6.07 Å². The Morgan fingerprint density at radius 1 is 1.33 bits per heavy atom. The molecule has 3 heteroatoms. The molecule has 0 radical (unpaired) electrons. The van der Waals surface area contributed by atoms with Crippen LogP contribution in [0.5, 0.6) is 0 Å². The molecule has 1 aliphatic rings. The normalized spacial score (nSPS) is 25.0. The zero-order chi connectivity index (χ0) is 11.2. The molecule has 82 valence electrons. The van der Waals surface area contributed by atoms with E-state index >= 15 is 0 Å². The maximum absolute atomic E-state index is 13.0. The molecule has 1 aromatic rings. The van der Waals surface area contributed by atoms with Crippen LogP contribution in [0.25, 0.3) is 0 Å². The first-order valence-corrected chi connectivity index (χ1v) is 5.12. The summed E-state index contributed by atoms with van der Waals surface area (Å²) in [6, 6.07) is 3.72. The topological polar surface area (TPSA) is 26.0 Å². The molecule has 1 aromatic carbocycles. The Bertz CT molecular complexity index is 387. The Labute approximate surface area is 88.3 Å². The molecule has 2 atom stereocenters. The number of hydrogen-bond donors (Lipinski definition) is 1. The molecule has 1 saturated carbocycles. The molecule has 0 saturated heterocycles. The predicted molar refractivity (Wildman–Crippen MR) is 55.2 cm³/mol. The quantitative estimate of drug-likeness (QED) is 0.799. The van der Waals surface area contributed by atoms with E-state index < -0.39 is 11.6 Å². The lowest BCUT2D eigenvalue weighted by Crippen LogP contribution is -2.15. The Balaban J connectivity index is 2.20. The molecule has 1 aliphatic carbocycles. The highest BCUT2D eigenvalue weighted by molar-refractivity contribution is 5.24. The summed E-state index contributed by atoms with van der Waals surface area (Å²) in [6.45, 7) is 4.27. The minimum absolute atomic E-state index is 0.185. The van der Waals surface area contributed by atoms with Crippen LogP contribution in [-0.4, -0.2) is 0 Å². The van der Waals surface area contributed by atoms with Gasteiger partial charge in [0, 0.05) is 6.04 Å². The number of rotatable bonds is 2. The third-order valence-electron chi connectivity index (χ3n) is 3.35. The SMILES string of the molecule is CC1(C)CC1C(N)c1ccc(F)c(F)c1. The first-order valence-electron chi connectivity index (χ1n) is 5.12. The molecular weight excluding hydrogens is 196 g/mol. The molecule has 2 N–H and O–H groups in total. The van der Waals surface area contributed by atoms with Gasteiger partial charge >= 0.3 is 0 Å². The Morgan fingerprint density at radius 2 is 1.93 bits per heavy atom. The van der Waals surface area contributed by atoms with Crippen molar-refractivity contribution in [1.82, 2.24) is 0 Å². The summed E-state index contributed by atoms with van der Waals surface area (Å²) in [6.07, 6.45) is 1.05. The van der Waals surface area contributed by atoms with Gasteiger partial charge in [-0.3, -0.25) is 0 Å². The number of nitrogens with two attached hydrogens (primary N) is 1. The molecule has 15 heavy (non-hydrogen) atoms. The van der Waals surface area contributed by atoms with Gasteiger partial charge in [0.2, 0.25) is 0 Å². The van der Waals surface area contributed by atoms with Gasteiger partial charge in [0.15, 0.2) is 11.6 Å². The van der Waals surface area contributed by atoms with Crippen molar-refractivity contribution in [2.75, 3.05) is 0 Å². The van der Waals surface area contributed by atoms with E-state index in [2.05, 4.69) is 13.8 Å². The molecule has 0 aliphatic heterocycles. The predicted octanol–water partition coefficient (Wildman–Crippen LogP) is 3.01. The summed E-state index contributed by atoms with van der Waals surface area (Å²) in [5, 5.41) is 0. The highest BCUT2D eigenvalue weighted by Crippen LogP contribution is 2.56. The van der Waals surface area contributed by atoms with Gasteiger partial charge in [-0.15, -0.1) is 0 Å². The third-order valence-corrected chi connectivity index (χ3v) is 3.35. The highest BCUT2D eigenvalue weighted by atomic mass is 19.2. The second-order valence-corrected chi connectivity index (χ2v) is 5.00. The van der Waals surface area contributed by atoms with E-state index in [4.69, 9.17) is 5.73 Å². The van der Waals surface area contributed by atoms with Crippen LogP contribution in [0.3, 0.4) is 0 Å². The van der Waals surface area contributed by atoms with Crippen LogP contribution >= 0.6 is 0 Å². The van der Waals surface area contributed by atoms with Crippen molar-refractivity contribution in [3.63, 3.8) is 0 Å². The van der Waals surface area contributed by atoms with Crippen LogP contribution in [0, 0.1) is 23.0 Å². The lowest BCUT2D eigenvalue weighted by molar-refractivity contribution is 0.479. The van der Waals surface area contributed by atoms with E-state index in [0.717, 1.165) is 12.5 Å². The largest absolute Gasteiger partial charge is 0.324 e. The third kappa shape index (κ3) is 1.88. The number of halogens is 2. The second kappa shape index (κ2) is 3.27. The zero-order valence-electron chi connectivity index (χ0n) is 8.93. The van der Waals surface area contributed by atoms with Gasteiger partial charge in [0.05, 0.1) is 0 Å². The van der Waals surface area contributed by atoms with E-state index in [-0.39, 0.29) is 11.5 Å². The summed E-state index contributed by atoms with van der Waals surface area (Å²) < 4.78 is 25.7. The molecule has 0 heterocycles. The Hall–Kier alpha value is -0.960. The molecule has 0 spiro atoms. The maximum atomic E-state index is 13.0. The monoisotopic (exact) mass is 211 g/mol. The Morgan fingerprint density at radius 3 is 2.40 bits per heavy atom. The van der Waals surface area contributed by atoms with Crippen molar-refractivity contribution in [2.24, 2.45) is 17.1 Å². The fraction of sp³-hybridized carbons (Fsp3) is 0.500. The number of hydrogen-bond acceptors (Lipinski definition) is 1. The maximum Gasteiger partial charge on any atom is 0.159 e. The van der Waals surface area contributed by atoms with Crippen LogP contribution in [0.4, 0.5) is 8.78 Å². The molecule has 0 aromatic heterocycles. The summed E-state index contributed by atoms with van der Waals surface area (Å²) in [5.74, 6) is -1.26. The van der Waals surface area contributed by atoms with Gasteiger partial charge in [0.1, 0.15) is 0 Å². The van der Waals surface area contributed by atoms with Crippen LogP contribution in [0.1, 0.15) is 31.9 Å². The van der Waals surface area contributed by atoms with Crippen molar-refractivity contribution in [2.45, 2.75) is 26.3 Å². The number of benzene rings is 1. The van der Waals surface area contributed by atoms with E-state index in [1.54, 1.807) is 6.07 Å². The van der Waals surface area contributed by atoms with E-state index in [9.17, 15) is 8.78 Å². The zero-order valence-corrected chi connectivity index (χ0v) is 8.93. The van der Waals surface area contributed by atoms with Crippen molar-refractivity contribution in [1.29, 1.82) is 0 Å². The van der Waals surface area contributed by atoms with Crippen molar-refractivity contribution >= 4 is 0 Å². The summed E-state index contributed by atoms with van der Waals surface area (Å²) in [5.41, 5.74) is 6.93. The highest BCUT2D eigenvalue weighted by Gasteiger charge is 2.49. The van der Waals surface area contributed by atoms with Gasteiger partial charge in [-0.25, -0.2) is 8.78 Å². The van der Waals surface area contributed by atoms with Crippen LogP contribution in [-0.2, 0) is 0 Å².